The average molecular weight is 525 g/mol. The van der Waals surface area contributed by atoms with Gasteiger partial charge in [0.1, 0.15) is 12.4 Å². The lowest BCUT2D eigenvalue weighted by atomic mass is 10.2. The van der Waals surface area contributed by atoms with E-state index >= 15 is 0 Å². The highest BCUT2D eigenvalue weighted by Gasteiger charge is 2.27. The molecule has 1 rings (SSSR count). The van der Waals surface area contributed by atoms with Crippen LogP contribution in [0.4, 0.5) is 22.0 Å². The zero-order valence-corrected chi connectivity index (χ0v) is 18.0. The van der Waals surface area contributed by atoms with Crippen LogP contribution in [0.5, 0.6) is 5.75 Å². The maximum atomic E-state index is 12.2. The van der Waals surface area contributed by atoms with Crippen LogP contribution < -0.4 is 10.1 Å². The smallest absolute Gasteiger partial charge is 0.411 e. The van der Waals surface area contributed by atoms with Crippen molar-refractivity contribution in [1.82, 2.24) is 10.2 Å². The van der Waals surface area contributed by atoms with E-state index in [0.29, 0.717) is 32.0 Å². The highest BCUT2D eigenvalue weighted by molar-refractivity contribution is 14.0. The predicted molar refractivity (Wildman–Crippen MR) is 107 cm³/mol. The number of nitrogens with one attached hydrogen (secondary N) is 1. The third kappa shape index (κ3) is 12.2. The summed E-state index contributed by atoms with van der Waals surface area (Å²) in [6.07, 6.45) is -3.97. The summed E-state index contributed by atoms with van der Waals surface area (Å²) in [5, 5.41) is 3.09. The van der Waals surface area contributed by atoms with Gasteiger partial charge in [-0.1, -0.05) is 12.1 Å². The summed E-state index contributed by atoms with van der Waals surface area (Å²) in [6, 6.07) is 6.25. The molecule has 28 heavy (non-hydrogen) atoms. The summed E-state index contributed by atoms with van der Waals surface area (Å²) in [5.41, 5.74) is 0.859. The summed E-state index contributed by atoms with van der Waals surface area (Å²) in [4.78, 5) is 6.17. The first-order valence-corrected chi connectivity index (χ1v) is 8.39. The van der Waals surface area contributed by atoms with Gasteiger partial charge < -0.3 is 19.7 Å². The zero-order chi connectivity index (χ0) is 20.3. The molecular formula is C17H25F5IN3O2. The van der Waals surface area contributed by atoms with Crippen LogP contribution in [-0.4, -0.2) is 57.0 Å². The average Bonchev–Trinajstić information content (AvgIpc) is 2.57. The number of aliphatic imine (C=N–C) groups is 1. The number of benzene rings is 1. The van der Waals surface area contributed by atoms with Gasteiger partial charge in [0, 0.05) is 33.3 Å². The van der Waals surface area contributed by atoms with E-state index in [-0.39, 0.29) is 36.3 Å². The van der Waals surface area contributed by atoms with Crippen molar-refractivity contribution >= 4 is 29.9 Å². The fourth-order valence-electron chi connectivity index (χ4n) is 2.13. The molecule has 0 saturated heterocycles. The van der Waals surface area contributed by atoms with Crippen molar-refractivity contribution in [3.8, 4) is 5.75 Å². The third-order valence-corrected chi connectivity index (χ3v) is 3.24. The van der Waals surface area contributed by atoms with E-state index in [4.69, 9.17) is 0 Å². The van der Waals surface area contributed by atoms with Crippen molar-refractivity contribution in [2.24, 2.45) is 4.99 Å². The van der Waals surface area contributed by atoms with Crippen molar-refractivity contribution in [1.29, 1.82) is 0 Å². The number of hydrogen-bond acceptors (Lipinski definition) is 3. The largest absolute Gasteiger partial charge is 0.435 e. The molecule has 0 aliphatic rings. The fourth-order valence-corrected chi connectivity index (χ4v) is 2.13. The highest BCUT2D eigenvalue weighted by Crippen LogP contribution is 2.16. The monoisotopic (exact) mass is 525 g/mol. The molecule has 1 N–H and O–H groups in total. The first-order valence-electron chi connectivity index (χ1n) is 8.39. The van der Waals surface area contributed by atoms with Crippen LogP contribution >= 0.6 is 24.0 Å². The van der Waals surface area contributed by atoms with Crippen LogP contribution in [0.2, 0.25) is 0 Å². The number of halogens is 6. The predicted octanol–water partition coefficient (Wildman–Crippen LogP) is 4.27. The van der Waals surface area contributed by atoms with Gasteiger partial charge in [-0.15, -0.1) is 24.0 Å². The van der Waals surface area contributed by atoms with E-state index in [1.54, 1.807) is 19.2 Å². The van der Waals surface area contributed by atoms with Crippen molar-refractivity contribution in [2.45, 2.75) is 32.7 Å². The Balaban J connectivity index is 0.00000729. The number of rotatable bonds is 10. The molecule has 0 fully saturated rings. The van der Waals surface area contributed by atoms with Gasteiger partial charge in [0.25, 0.3) is 0 Å². The fraction of sp³-hybridized carbons (Fsp3) is 0.588. The second-order valence-electron chi connectivity index (χ2n) is 5.64. The van der Waals surface area contributed by atoms with Crippen LogP contribution in [0.25, 0.3) is 0 Å². The standard InChI is InChI=1S/C17H24F5N3O2.HI/c1-3-23-16(24-9-4-10-26-12-17(20,21)22)25(2)11-13-5-7-14(8-6-13)27-15(18)19;/h5-8,15H,3-4,9-12H2,1-2H3,(H,23,24);1H. The summed E-state index contributed by atoms with van der Waals surface area (Å²) in [7, 11) is 1.80. The zero-order valence-electron chi connectivity index (χ0n) is 15.6. The Hall–Kier alpha value is -1.37. The molecule has 0 spiro atoms. The highest BCUT2D eigenvalue weighted by atomic mass is 127. The molecular weight excluding hydrogens is 500 g/mol. The molecule has 1 aromatic carbocycles. The van der Waals surface area contributed by atoms with Gasteiger partial charge in [-0.05, 0) is 31.0 Å². The van der Waals surface area contributed by atoms with Crippen molar-refractivity contribution in [2.75, 3.05) is 33.4 Å². The number of alkyl halides is 5. The SMILES string of the molecule is CCNC(=NCCCOCC(F)(F)F)N(C)Cc1ccc(OC(F)F)cc1.I. The van der Waals surface area contributed by atoms with Gasteiger partial charge in [0.2, 0.25) is 0 Å². The molecule has 0 radical (unpaired) electrons. The van der Waals surface area contributed by atoms with Crippen LogP contribution in [0.1, 0.15) is 18.9 Å². The lowest BCUT2D eigenvalue weighted by Crippen LogP contribution is -2.38. The van der Waals surface area contributed by atoms with Crippen LogP contribution in [-0.2, 0) is 11.3 Å². The minimum absolute atomic E-state index is 0. The second kappa shape index (κ2) is 13.7. The number of ether oxygens (including phenoxy) is 2. The minimum atomic E-state index is -4.33. The van der Waals surface area contributed by atoms with Gasteiger partial charge in [-0.2, -0.15) is 22.0 Å². The molecule has 0 heterocycles. The van der Waals surface area contributed by atoms with Gasteiger partial charge in [0.15, 0.2) is 5.96 Å². The van der Waals surface area contributed by atoms with Gasteiger partial charge in [-0.25, -0.2) is 0 Å². The molecule has 0 amide bonds. The Morgan fingerprint density at radius 3 is 2.39 bits per heavy atom. The molecule has 11 heteroatoms. The van der Waals surface area contributed by atoms with E-state index in [0.717, 1.165) is 5.56 Å². The minimum Gasteiger partial charge on any atom is -0.435 e. The lowest BCUT2D eigenvalue weighted by Gasteiger charge is -2.22. The summed E-state index contributed by atoms with van der Waals surface area (Å²) in [6.45, 7) is -0.871. The maximum Gasteiger partial charge on any atom is 0.411 e. The Labute approximate surface area is 178 Å². The molecule has 0 aliphatic carbocycles. The van der Waals surface area contributed by atoms with E-state index in [1.807, 2.05) is 11.8 Å². The first kappa shape index (κ1) is 26.6. The molecule has 0 aromatic heterocycles. The topological polar surface area (TPSA) is 46.1 Å². The van der Waals surface area contributed by atoms with E-state index in [2.05, 4.69) is 19.8 Å². The van der Waals surface area contributed by atoms with Crippen molar-refractivity contribution in [3.63, 3.8) is 0 Å². The Kier molecular flexibility index (Phi) is 13.1. The Morgan fingerprint density at radius 2 is 1.86 bits per heavy atom. The van der Waals surface area contributed by atoms with Crippen LogP contribution in [0, 0.1) is 0 Å². The number of hydrogen-bond donors (Lipinski definition) is 1. The number of guanidine groups is 1. The molecule has 0 unspecified atom stereocenters. The molecule has 0 bridgehead atoms. The van der Waals surface area contributed by atoms with Gasteiger partial charge in [-0.3, -0.25) is 4.99 Å². The van der Waals surface area contributed by atoms with Crippen molar-refractivity contribution in [3.05, 3.63) is 29.8 Å². The van der Waals surface area contributed by atoms with Crippen molar-refractivity contribution < 1.29 is 31.4 Å². The lowest BCUT2D eigenvalue weighted by molar-refractivity contribution is -0.173. The van der Waals surface area contributed by atoms with Crippen LogP contribution in [0.3, 0.4) is 0 Å². The molecule has 5 nitrogen and oxygen atoms in total. The maximum absolute atomic E-state index is 12.2. The summed E-state index contributed by atoms with van der Waals surface area (Å²) >= 11 is 0. The van der Waals surface area contributed by atoms with Gasteiger partial charge >= 0.3 is 12.8 Å². The molecule has 1 aromatic rings. The normalized spacial score (nSPS) is 11.9. The van der Waals surface area contributed by atoms with E-state index < -0.39 is 19.4 Å². The van der Waals surface area contributed by atoms with E-state index in [9.17, 15) is 22.0 Å². The van der Waals surface area contributed by atoms with Gasteiger partial charge in [0.05, 0.1) is 0 Å². The van der Waals surface area contributed by atoms with E-state index in [1.165, 1.54) is 12.1 Å². The quantitative estimate of drug-likeness (QED) is 0.163. The Bertz CT molecular complexity index is 571. The van der Waals surface area contributed by atoms with Crippen LogP contribution in [0.15, 0.2) is 29.3 Å². The summed E-state index contributed by atoms with van der Waals surface area (Å²) in [5.74, 6) is 0.664. The third-order valence-electron chi connectivity index (χ3n) is 3.24. The first-order chi connectivity index (χ1) is 12.7. The molecule has 0 atom stereocenters. The molecule has 162 valence electrons. The Morgan fingerprint density at radius 1 is 1.21 bits per heavy atom. The second-order valence-corrected chi connectivity index (χ2v) is 5.64. The summed E-state index contributed by atoms with van der Waals surface area (Å²) < 4.78 is 69.1. The number of nitrogens with zero attached hydrogens (tertiary/aromatic N) is 2. The molecule has 0 aliphatic heterocycles. The molecule has 0 saturated carbocycles.